The topological polar surface area (TPSA) is 82.5 Å². The number of rotatable bonds is 9. The summed E-state index contributed by atoms with van der Waals surface area (Å²) >= 11 is 1.06. The van der Waals surface area contributed by atoms with E-state index in [0.717, 1.165) is 78.9 Å². The number of ether oxygens (including phenoxy) is 1. The molecular formula is C25H36N4O4S. The van der Waals surface area contributed by atoms with E-state index in [1.54, 1.807) is 0 Å². The normalized spacial score (nSPS) is 18.1. The molecule has 9 heteroatoms. The van der Waals surface area contributed by atoms with Crippen molar-refractivity contribution in [2.45, 2.75) is 65.0 Å². The van der Waals surface area contributed by atoms with Crippen LogP contribution in [0.4, 0.5) is 15.3 Å². The number of unbranched alkanes of at least 4 members (excludes halogenated alkanes) is 1. The number of anilines is 1. The molecule has 8 nitrogen and oxygen atoms in total. The lowest BCUT2D eigenvalue weighted by Gasteiger charge is -2.31. The molecule has 0 saturated carbocycles. The molecule has 0 fully saturated rings. The van der Waals surface area contributed by atoms with Crippen molar-refractivity contribution in [3.8, 4) is 0 Å². The Kier molecular flexibility index (Phi) is 9.53. The SMILES string of the molecule is CCCCC(=O)N1CCCc2cc(C3=NN(C(=O)OCCN(CC)CC)C(=O)SC3C)ccc21. The number of nitrogens with zero attached hydrogens (tertiary/aromatic N) is 4. The molecular weight excluding hydrogens is 452 g/mol. The Morgan fingerprint density at radius 2 is 2.00 bits per heavy atom. The van der Waals surface area contributed by atoms with Gasteiger partial charge in [-0.05, 0) is 62.5 Å². The molecule has 2 heterocycles. The van der Waals surface area contributed by atoms with E-state index in [9.17, 15) is 14.4 Å². The van der Waals surface area contributed by atoms with Crippen molar-refractivity contribution in [2.75, 3.05) is 37.7 Å². The predicted octanol–water partition coefficient (Wildman–Crippen LogP) is 4.90. The van der Waals surface area contributed by atoms with Gasteiger partial charge in [-0.3, -0.25) is 9.59 Å². The van der Waals surface area contributed by atoms with E-state index in [4.69, 9.17) is 4.74 Å². The van der Waals surface area contributed by atoms with Gasteiger partial charge in [-0.2, -0.15) is 5.10 Å². The fourth-order valence-corrected chi connectivity index (χ4v) is 5.05. The second-order valence-corrected chi connectivity index (χ2v) is 9.85. The van der Waals surface area contributed by atoms with E-state index in [1.807, 2.05) is 43.9 Å². The maximum Gasteiger partial charge on any atom is 0.438 e. The average Bonchev–Trinajstić information content (AvgIpc) is 2.84. The Balaban J connectivity index is 1.78. The third kappa shape index (κ3) is 6.18. The van der Waals surface area contributed by atoms with Gasteiger partial charge >= 0.3 is 11.3 Å². The van der Waals surface area contributed by atoms with Crippen molar-refractivity contribution in [3.63, 3.8) is 0 Å². The van der Waals surface area contributed by atoms with Gasteiger partial charge in [0, 0.05) is 25.2 Å². The zero-order valence-corrected chi connectivity index (χ0v) is 21.5. The van der Waals surface area contributed by atoms with Gasteiger partial charge in [0.25, 0.3) is 0 Å². The summed E-state index contributed by atoms with van der Waals surface area (Å²) in [6.07, 6.45) is 3.49. The van der Waals surface area contributed by atoms with Gasteiger partial charge in [0.15, 0.2) is 0 Å². The van der Waals surface area contributed by atoms with E-state index in [1.165, 1.54) is 0 Å². The lowest BCUT2D eigenvalue weighted by atomic mass is 9.96. The van der Waals surface area contributed by atoms with E-state index in [-0.39, 0.29) is 17.8 Å². The molecule has 0 aliphatic carbocycles. The Labute approximate surface area is 206 Å². The molecule has 1 atom stereocenters. The van der Waals surface area contributed by atoms with Crippen molar-refractivity contribution in [1.29, 1.82) is 0 Å². The Morgan fingerprint density at radius 1 is 1.24 bits per heavy atom. The molecule has 186 valence electrons. The summed E-state index contributed by atoms with van der Waals surface area (Å²) in [4.78, 5) is 41.8. The van der Waals surface area contributed by atoms with Crippen LogP contribution in [0.3, 0.4) is 0 Å². The molecule has 0 spiro atoms. The molecule has 1 aromatic carbocycles. The molecule has 2 aliphatic rings. The number of hydrogen-bond donors (Lipinski definition) is 0. The Hall–Kier alpha value is -2.39. The van der Waals surface area contributed by atoms with Crippen LogP contribution >= 0.6 is 11.8 Å². The number of likely N-dealkylation sites (N-methyl/N-ethyl adjacent to an activating group) is 1. The summed E-state index contributed by atoms with van der Waals surface area (Å²) in [7, 11) is 0. The maximum atomic E-state index is 12.7. The quantitative estimate of drug-likeness (QED) is 0.492. The number of hydrogen-bond acceptors (Lipinski definition) is 7. The van der Waals surface area contributed by atoms with Crippen molar-refractivity contribution in [3.05, 3.63) is 29.3 Å². The van der Waals surface area contributed by atoms with Gasteiger partial charge < -0.3 is 14.5 Å². The first-order valence-corrected chi connectivity index (χ1v) is 13.2. The maximum absolute atomic E-state index is 12.7. The first-order valence-electron chi connectivity index (χ1n) is 12.3. The van der Waals surface area contributed by atoms with Crippen LogP contribution in [-0.2, 0) is 16.0 Å². The lowest BCUT2D eigenvalue weighted by Crippen LogP contribution is -2.39. The summed E-state index contributed by atoms with van der Waals surface area (Å²) in [6, 6.07) is 5.95. The molecule has 0 N–H and O–H groups in total. The number of amides is 3. The highest BCUT2D eigenvalue weighted by atomic mass is 32.2. The van der Waals surface area contributed by atoms with Crippen LogP contribution in [0.1, 0.15) is 64.5 Å². The zero-order valence-electron chi connectivity index (χ0n) is 20.7. The highest BCUT2D eigenvalue weighted by Gasteiger charge is 2.34. The van der Waals surface area contributed by atoms with Crippen molar-refractivity contribution >= 4 is 40.4 Å². The van der Waals surface area contributed by atoms with E-state index >= 15 is 0 Å². The number of benzene rings is 1. The van der Waals surface area contributed by atoms with Gasteiger partial charge in [-0.1, -0.05) is 45.0 Å². The van der Waals surface area contributed by atoms with Crippen LogP contribution in [0.25, 0.3) is 0 Å². The van der Waals surface area contributed by atoms with Crippen LogP contribution in [0, 0.1) is 0 Å². The smallest absolute Gasteiger partial charge is 0.438 e. The number of hydrazone groups is 1. The number of thioether (sulfide) groups is 1. The second kappa shape index (κ2) is 12.4. The van der Waals surface area contributed by atoms with Gasteiger partial charge in [-0.15, -0.1) is 5.01 Å². The highest BCUT2D eigenvalue weighted by Crippen LogP contribution is 2.32. The third-order valence-corrected chi connectivity index (χ3v) is 7.23. The van der Waals surface area contributed by atoms with Gasteiger partial charge in [0.05, 0.1) is 11.0 Å². The first-order chi connectivity index (χ1) is 16.4. The standard InChI is InChI=1S/C25H36N4O4S/c1-5-8-11-22(30)28-14-9-10-19-17-20(12-13-21(19)28)23-18(4)34-25(32)29(26-23)24(31)33-16-15-27(6-2)7-3/h12-13,17-18H,5-11,14-16H2,1-4H3. The fourth-order valence-electron chi connectivity index (χ4n) is 4.24. The zero-order chi connectivity index (χ0) is 24.7. The second-order valence-electron chi connectivity index (χ2n) is 8.56. The monoisotopic (exact) mass is 488 g/mol. The van der Waals surface area contributed by atoms with Crippen LogP contribution < -0.4 is 4.90 Å². The Bertz CT molecular complexity index is 931. The number of carbonyl (C=O) groups excluding carboxylic acids is 3. The lowest BCUT2D eigenvalue weighted by molar-refractivity contribution is -0.118. The number of fused-ring (bicyclic) bond motifs is 1. The third-order valence-electron chi connectivity index (χ3n) is 6.28. The van der Waals surface area contributed by atoms with Gasteiger partial charge in [0.2, 0.25) is 5.91 Å². The molecule has 0 bridgehead atoms. The average molecular weight is 489 g/mol. The molecule has 1 aromatic rings. The largest absolute Gasteiger partial charge is 0.446 e. The fraction of sp³-hybridized carbons (Fsp3) is 0.600. The summed E-state index contributed by atoms with van der Waals surface area (Å²) in [5, 5.41) is 4.61. The minimum atomic E-state index is -0.750. The summed E-state index contributed by atoms with van der Waals surface area (Å²) in [6.45, 7) is 11.4. The minimum Gasteiger partial charge on any atom is -0.446 e. The van der Waals surface area contributed by atoms with Gasteiger partial charge in [-0.25, -0.2) is 4.79 Å². The highest BCUT2D eigenvalue weighted by molar-refractivity contribution is 8.14. The molecule has 2 aliphatic heterocycles. The van der Waals surface area contributed by atoms with Gasteiger partial charge in [0.1, 0.15) is 6.61 Å². The predicted molar refractivity (Wildman–Crippen MR) is 137 cm³/mol. The van der Waals surface area contributed by atoms with Crippen LogP contribution in [-0.4, -0.2) is 70.9 Å². The molecule has 0 aromatic heterocycles. The molecule has 3 amide bonds. The number of imide groups is 1. The first kappa shape index (κ1) is 26.2. The van der Waals surface area contributed by atoms with Crippen molar-refractivity contribution in [1.82, 2.24) is 9.91 Å². The van der Waals surface area contributed by atoms with Crippen LogP contribution in [0.5, 0.6) is 0 Å². The van der Waals surface area contributed by atoms with Crippen LogP contribution in [0.2, 0.25) is 0 Å². The molecule has 0 radical (unpaired) electrons. The molecule has 34 heavy (non-hydrogen) atoms. The number of carbonyl (C=O) groups is 3. The van der Waals surface area contributed by atoms with E-state index in [0.29, 0.717) is 18.7 Å². The molecule has 3 rings (SSSR count). The van der Waals surface area contributed by atoms with E-state index in [2.05, 4.69) is 16.9 Å². The Morgan fingerprint density at radius 3 is 2.71 bits per heavy atom. The van der Waals surface area contributed by atoms with Crippen molar-refractivity contribution < 1.29 is 19.1 Å². The molecule has 1 unspecified atom stereocenters. The van der Waals surface area contributed by atoms with Crippen molar-refractivity contribution in [2.24, 2.45) is 5.10 Å². The van der Waals surface area contributed by atoms with E-state index < -0.39 is 11.3 Å². The molecule has 0 saturated heterocycles. The minimum absolute atomic E-state index is 0.165. The summed E-state index contributed by atoms with van der Waals surface area (Å²) in [5.74, 6) is 0.165. The number of aryl methyl sites for hydroxylation is 1. The summed E-state index contributed by atoms with van der Waals surface area (Å²) in [5.41, 5.74) is 3.56. The summed E-state index contributed by atoms with van der Waals surface area (Å²) < 4.78 is 5.33. The van der Waals surface area contributed by atoms with Crippen LogP contribution in [0.15, 0.2) is 23.3 Å².